The fourth-order valence-corrected chi connectivity index (χ4v) is 0.513. The molecule has 0 aromatic carbocycles. The van der Waals surface area contributed by atoms with Gasteiger partial charge in [0, 0.05) is 17.1 Å². The summed E-state index contributed by atoms with van der Waals surface area (Å²) < 4.78 is 22.5. The average Bonchev–Trinajstić information content (AvgIpc) is 2.26. The average molecular weight is 244 g/mol. The Morgan fingerprint density at radius 1 is 0.400 bits per heavy atom. The number of hydrogen-bond donors (Lipinski definition) is 0. The first kappa shape index (κ1) is 23.5. The molecule has 4 heteroatoms. The van der Waals surface area contributed by atoms with Crippen LogP contribution in [-0.4, -0.2) is 0 Å². The fraction of sp³-hybridized carbons (Fsp3) is 0. The van der Waals surface area contributed by atoms with Gasteiger partial charge in [-0.1, -0.05) is 48.6 Å². The van der Waals surface area contributed by atoms with Gasteiger partial charge in [-0.2, -0.15) is 0 Å². The van der Waals surface area contributed by atoms with Crippen molar-refractivity contribution in [3.63, 3.8) is 0 Å². The van der Waals surface area contributed by atoms with Gasteiger partial charge < -0.3 is 0 Å². The molecule has 0 fully saturated rings. The van der Waals surface area contributed by atoms with Crippen LogP contribution in [0.2, 0.25) is 0 Å². The molecule has 0 aromatic heterocycles. The van der Waals surface area contributed by atoms with Crippen LogP contribution in [0.3, 0.4) is 0 Å². The molecule has 0 radical (unpaired) electrons. The van der Waals surface area contributed by atoms with E-state index >= 15 is 0 Å². The van der Waals surface area contributed by atoms with E-state index in [1.165, 1.54) is 0 Å². The molecule has 0 bridgehead atoms. The van der Waals surface area contributed by atoms with E-state index in [9.17, 15) is 0 Å². The minimum atomic E-state index is 0. The van der Waals surface area contributed by atoms with E-state index in [1.54, 1.807) is 0 Å². The molecular formula is C11H8FeO3. The fourth-order valence-electron chi connectivity index (χ4n) is 0.513. The maximum atomic E-state index is 7.50. The smallest absolute Gasteiger partial charge is 0 e. The van der Waals surface area contributed by atoms with E-state index in [2.05, 4.69) is 20.0 Å². The van der Waals surface area contributed by atoms with Gasteiger partial charge >= 0.3 is 33.9 Å². The topological polar surface area (TPSA) is 59.7 Å². The van der Waals surface area contributed by atoms with E-state index in [1.807, 2.05) is 48.6 Å². The van der Waals surface area contributed by atoms with E-state index < -0.39 is 0 Å². The molecule has 78 valence electrons. The van der Waals surface area contributed by atoms with Crippen LogP contribution in [0.15, 0.2) is 48.6 Å². The van der Waals surface area contributed by atoms with Crippen LogP contribution >= 0.6 is 0 Å². The second-order valence-electron chi connectivity index (χ2n) is 1.54. The predicted octanol–water partition coefficient (Wildman–Crippen LogP) is 2.11. The molecule has 0 heterocycles. The van der Waals surface area contributed by atoms with Gasteiger partial charge in [-0.25, -0.2) is 0 Å². The van der Waals surface area contributed by atoms with E-state index in [0.29, 0.717) is 0 Å². The first-order valence-electron chi connectivity index (χ1n) is 3.28. The van der Waals surface area contributed by atoms with Crippen molar-refractivity contribution in [2.75, 3.05) is 0 Å². The van der Waals surface area contributed by atoms with Crippen LogP contribution in [0.25, 0.3) is 0 Å². The summed E-state index contributed by atoms with van der Waals surface area (Å²) >= 11 is 0. The SMILES string of the molecule is C1=C/C=C\C=C/C=C1.[C-]#[O+].[C-]#[O+].[C-]#[O+].[Fe]. The maximum absolute atomic E-state index is 7.50. The Kier molecular flexibility index (Phi) is 60.6. The number of allylic oxidation sites excluding steroid dienone is 8. The summed E-state index contributed by atoms with van der Waals surface area (Å²) in [7, 11) is 0. The first-order chi connectivity index (χ1) is 7.00. The molecule has 0 aromatic rings. The molecule has 0 amide bonds. The monoisotopic (exact) mass is 244 g/mol. The summed E-state index contributed by atoms with van der Waals surface area (Å²) in [6, 6.07) is 0. The zero-order chi connectivity index (χ0) is 11.7. The van der Waals surface area contributed by atoms with Gasteiger partial charge in [0.25, 0.3) is 0 Å². The first-order valence-corrected chi connectivity index (χ1v) is 3.28. The zero-order valence-electron chi connectivity index (χ0n) is 7.70. The second-order valence-corrected chi connectivity index (χ2v) is 1.54. The van der Waals surface area contributed by atoms with E-state index in [0.717, 1.165) is 0 Å². The Bertz CT molecular complexity index is 197. The van der Waals surface area contributed by atoms with Crippen molar-refractivity contribution in [3.8, 4) is 0 Å². The van der Waals surface area contributed by atoms with Crippen molar-refractivity contribution < 1.29 is 31.0 Å². The summed E-state index contributed by atoms with van der Waals surface area (Å²) in [4.78, 5) is 0. The predicted molar refractivity (Wildman–Crippen MR) is 48.3 cm³/mol. The normalized spacial score (nSPS) is 13.2. The Balaban J connectivity index is -0.0000000755. The number of hydrogen-bond acceptors (Lipinski definition) is 0. The van der Waals surface area contributed by atoms with Crippen LogP contribution in [-0.2, 0) is 31.0 Å². The van der Waals surface area contributed by atoms with Crippen LogP contribution in [0.5, 0.6) is 0 Å². The Morgan fingerprint density at radius 2 is 0.467 bits per heavy atom. The summed E-state index contributed by atoms with van der Waals surface area (Å²) in [6.07, 6.45) is 16.0. The summed E-state index contributed by atoms with van der Waals surface area (Å²) in [5.41, 5.74) is 0. The van der Waals surface area contributed by atoms with Gasteiger partial charge in [-0.15, -0.1) is 0 Å². The Morgan fingerprint density at radius 3 is 0.533 bits per heavy atom. The molecule has 15 heavy (non-hydrogen) atoms. The molecule has 1 rings (SSSR count). The Hall–Kier alpha value is -1.30. The van der Waals surface area contributed by atoms with Gasteiger partial charge in [0.1, 0.15) is 0 Å². The standard InChI is InChI=1S/C8H8.3CO.Fe/c1-2-4-6-8-7-5-3-1;3*1-2;/h1-8H;;;;/b2-1-,3-1?,4-2?,5-3-,6-4?,7-5?,8-6?,8-7?;;;;. The van der Waals surface area contributed by atoms with Crippen molar-refractivity contribution >= 4 is 0 Å². The van der Waals surface area contributed by atoms with Crippen molar-refractivity contribution in [2.24, 2.45) is 0 Å². The van der Waals surface area contributed by atoms with Gasteiger partial charge in [0.15, 0.2) is 0 Å². The Labute approximate surface area is 99.9 Å². The molecular weight excluding hydrogens is 236 g/mol. The third kappa shape index (κ3) is 32.4. The van der Waals surface area contributed by atoms with Crippen molar-refractivity contribution in [2.45, 2.75) is 0 Å². The molecule has 0 saturated heterocycles. The van der Waals surface area contributed by atoms with Crippen LogP contribution in [0.4, 0.5) is 0 Å². The third-order valence-electron chi connectivity index (χ3n) is 0.889. The molecule has 1 aliphatic carbocycles. The van der Waals surface area contributed by atoms with Gasteiger partial charge in [0.05, 0.1) is 0 Å². The summed E-state index contributed by atoms with van der Waals surface area (Å²) in [6.45, 7) is 13.5. The molecule has 0 unspecified atom stereocenters. The zero-order valence-corrected chi connectivity index (χ0v) is 8.80. The summed E-state index contributed by atoms with van der Waals surface area (Å²) in [5.74, 6) is 0. The van der Waals surface area contributed by atoms with E-state index in [-0.39, 0.29) is 17.1 Å². The maximum Gasteiger partial charge on any atom is 0 e. The summed E-state index contributed by atoms with van der Waals surface area (Å²) in [5, 5.41) is 0. The molecule has 0 spiro atoms. The van der Waals surface area contributed by atoms with Crippen LogP contribution < -0.4 is 0 Å². The molecule has 1 aliphatic rings. The van der Waals surface area contributed by atoms with Gasteiger partial charge in [-0.05, 0) is 0 Å². The van der Waals surface area contributed by atoms with E-state index in [4.69, 9.17) is 14.0 Å². The number of rotatable bonds is 0. The molecule has 3 nitrogen and oxygen atoms in total. The van der Waals surface area contributed by atoms with Crippen molar-refractivity contribution in [1.29, 1.82) is 0 Å². The van der Waals surface area contributed by atoms with Gasteiger partial charge in [0.2, 0.25) is 0 Å². The molecule has 0 saturated carbocycles. The largest absolute Gasteiger partial charge is 0 e. The molecule has 0 aliphatic heterocycles. The minimum absolute atomic E-state index is 0. The third-order valence-corrected chi connectivity index (χ3v) is 0.889. The van der Waals surface area contributed by atoms with Crippen molar-refractivity contribution in [1.82, 2.24) is 0 Å². The van der Waals surface area contributed by atoms with Crippen LogP contribution in [0.1, 0.15) is 0 Å². The minimum Gasteiger partial charge on any atom is 0 e. The molecule has 0 N–H and O–H groups in total. The second kappa shape index (κ2) is 38.7. The molecule has 0 atom stereocenters. The quantitative estimate of drug-likeness (QED) is 0.356. The van der Waals surface area contributed by atoms with Crippen molar-refractivity contribution in [3.05, 3.63) is 68.6 Å². The van der Waals surface area contributed by atoms with Gasteiger partial charge in [-0.3, -0.25) is 0 Å². The van der Waals surface area contributed by atoms with Crippen LogP contribution in [0, 0.1) is 20.0 Å².